The fourth-order valence-electron chi connectivity index (χ4n) is 1.83. The summed E-state index contributed by atoms with van der Waals surface area (Å²) in [5, 5.41) is 11.6. The number of carbonyl (C=O) groups excluding carboxylic acids is 1. The van der Waals surface area contributed by atoms with Crippen molar-refractivity contribution in [3.63, 3.8) is 0 Å². The Morgan fingerprint density at radius 3 is 2.71 bits per heavy atom. The minimum absolute atomic E-state index is 0.100. The first-order chi connectivity index (χ1) is 9.88. The Morgan fingerprint density at radius 2 is 2.14 bits per heavy atom. The van der Waals surface area contributed by atoms with Crippen molar-refractivity contribution in [3.05, 3.63) is 29.8 Å². The van der Waals surface area contributed by atoms with E-state index in [0.29, 0.717) is 17.7 Å². The number of nitriles is 1. The first kappa shape index (κ1) is 17.0. The molecule has 0 saturated heterocycles. The summed E-state index contributed by atoms with van der Waals surface area (Å²) in [4.78, 5) is 11.4. The van der Waals surface area contributed by atoms with Crippen LogP contribution in [0.3, 0.4) is 0 Å². The van der Waals surface area contributed by atoms with Gasteiger partial charge in [0.05, 0.1) is 30.1 Å². The summed E-state index contributed by atoms with van der Waals surface area (Å²) in [6.45, 7) is 2.25. The maximum Gasteiger partial charge on any atom is 0.232 e. The number of nitrogens with zero attached hydrogens (tertiary/aromatic N) is 2. The molecule has 0 aliphatic heterocycles. The second-order valence-electron chi connectivity index (χ2n) is 4.60. The summed E-state index contributed by atoms with van der Waals surface area (Å²) in [6.07, 6.45) is 2.26. The summed E-state index contributed by atoms with van der Waals surface area (Å²) in [7, 11) is -3.48. The fourth-order valence-corrected chi connectivity index (χ4v) is 2.75. The van der Waals surface area contributed by atoms with E-state index in [4.69, 9.17) is 5.26 Å². The first-order valence-corrected chi connectivity index (χ1v) is 8.48. The molecule has 7 heteroatoms. The summed E-state index contributed by atoms with van der Waals surface area (Å²) in [5.41, 5.74) is 0.803. The van der Waals surface area contributed by atoms with Crippen LogP contribution in [0.25, 0.3) is 0 Å². The third kappa shape index (κ3) is 5.44. The van der Waals surface area contributed by atoms with Crippen LogP contribution >= 0.6 is 0 Å². The number of benzene rings is 1. The van der Waals surface area contributed by atoms with Crippen LogP contribution in [0, 0.1) is 11.3 Å². The van der Waals surface area contributed by atoms with Gasteiger partial charge in [0.15, 0.2) is 0 Å². The van der Waals surface area contributed by atoms with E-state index in [0.717, 1.165) is 12.7 Å². The molecule has 0 aliphatic rings. The molecule has 0 saturated carbocycles. The Labute approximate surface area is 125 Å². The van der Waals surface area contributed by atoms with Gasteiger partial charge in [-0.2, -0.15) is 5.26 Å². The molecular formula is C14H19N3O3S. The first-order valence-electron chi connectivity index (χ1n) is 6.63. The molecule has 0 radical (unpaired) electrons. The van der Waals surface area contributed by atoms with E-state index in [1.54, 1.807) is 18.2 Å². The van der Waals surface area contributed by atoms with Crippen molar-refractivity contribution < 1.29 is 13.2 Å². The Morgan fingerprint density at radius 1 is 1.43 bits per heavy atom. The summed E-state index contributed by atoms with van der Waals surface area (Å²) in [6, 6.07) is 8.33. The second-order valence-corrected chi connectivity index (χ2v) is 6.50. The zero-order valence-corrected chi connectivity index (χ0v) is 13.0. The molecule has 1 aromatic carbocycles. The van der Waals surface area contributed by atoms with Gasteiger partial charge < -0.3 is 5.32 Å². The molecule has 0 aromatic heterocycles. The number of hydrogen-bond donors (Lipinski definition) is 1. The van der Waals surface area contributed by atoms with Crippen LogP contribution in [-0.2, 0) is 14.8 Å². The zero-order chi connectivity index (χ0) is 15.9. The van der Waals surface area contributed by atoms with Crippen LogP contribution in [0.5, 0.6) is 0 Å². The predicted molar refractivity (Wildman–Crippen MR) is 81.3 cm³/mol. The lowest BCUT2D eigenvalue weighted by Gasteiger charge is -2.22. The molecule has 0 aliphatic carbocycles. The van der Waals surface area contributed by atoms with Gasteiger partial charge in [-0.25, -0.2) is 8.42 Å². The molecule has 0 heterocycles. The van der Waals surface area contributed by atoms with Gasteiger partial charge in [-0.1, -0.05) is 13.0 Å². The van der Waals surface area contributed by atoms with Crippen LogP contribution in [0.2, 0.25) is 0 Å². The van der Waals surface area contributed by atoms with Crippen LogP contribution in [-0.4, -0.2) is 33.7 Å². The van der Waals surface area contributed by atoms with Crippen molar-refractivity contribution in [2.24, 2.45) is 0 Å². The van der Waals surface area contributed by atoms with Crippen LogP contribution in [0.1, 0.15) is 25.3 Å². The zero-order valence-electron chi connectivity index (χ0n) is 12.2. The molecule has 1 amide bonds. The standard InChI is InChI=1S/C14H19N3O3S/c1-3-5-14(18)16-8-9-17(21(2,19)20)13-7-4-6-12(10-13)11-15/h4,6-7,10H,3,5,8-9H2,1-2H3,(H,16,18). The Balaban J connectivity index is 2.83. The molecule has 1 aromatic rings. The highest BCUT2D eigenvalue weighted by Crippen LogP contribution is 2.18. The number of rotatable bonds is 7. The third-order valence-electron chi connectivity index (χ3n) is 2.78. The number of carbonyl (C=O) groups is 1. The molecule has 0 bridgehead atoms. The van der Waals surface area contributed by atoms with E-state index >= 15 is 0 Å². The monoisotopic (exact) mass is 309 g/mol. The fraction of sp³-hybridized carbons (Fsp3) is 0.429. The smallest absolute Gasteiger partial charge is 0.232 e. The molecule has 0 atom stereocenters. The lowest BCUT2D eigenvalue weighted by Crippen LogP contribution is -2.38. The quantitative estimate of drug-likeness (QED) is 0.820. The van der Waals surface area contributed by atoms with Gasteiger partial charge in [-0.15, -0.1) is 0 Å². The lowest BCUT2D eigenvalue weighted by atomic mass is 10.2. The normalized spacial score (nSPS) is 10.7. The van der Waals surface area contributed by atoms with Crippen molar-refractivity contribution in [1.82, 2.24) is 5.32 Å². The molecule has 21 heavy (non-hydrogen) atoms. The van der Waals surface area contributed by atoms with E-state index in [-0.39, 0.29) is 19.0 Å². The van der Waals surface area contributed by atoms with E-state index in [1.807, 2.05) is 13.0 Å². The van der Waals surface area contributed by atoms with E-state index in [2.05, 4.69) is 5.32 Å². The van der Waals surface area contributed by atoms with Gasteiger partial charge in [0.25, 0.3) is 0 Å². The Bertz CT molecular complexity index is 635. The largest absolute Gasteiger partial charge is 0.354 e. The SMILES string of the molecule is CCCC(=O)NCCN(c1cccc(C#N)c1)S(C)(=O)=O. The topological polar surface area (TPSA) is 90.3 Å². The molecule has 0 fully saturated rings. The third-order valence-corrected chi connectivity index (χ3v) is 3.97. The molecular weight excluding hydrogens is 290 g/mol. The number of hydrogen-bond acceptors (Lipinski definition) is 4. The molecule has 6 nitrogen and oxygen atoms in total. The number of anilines is 1. The van der Waals surface area contributed by atoms with Crippen LogP contribution in [0.4, 0.5) is 5.69 Å². The molecule has 114 valence electrons. The molecule has 1 rings (SSSR count). The summed E-state index contributed by atoms with van der Waals surface area (Å²) >= 11 is 0. The Kier molecular flexibility index (Phi) is 6.18. The van der Waals surface area contributed by atoms with Crippen LogP contribution < -0.4 is 9.62 Å². The minimum atomic E-state index is -3.48. The minimum Gasteiger partial charge on any atom is -0.354 e. The average molecular weight is 309 g/mol. The highest BCUT2D eigenvalue weighted by atomic mass is 32.2. The van der Waals surface area contributed by atoms with Crippen molar-refractivity contribution in [3.8, 4) is 6.07 Å². The number of nitrogens with one attached hydrogen (secondary N) is 1. The Hall–Kier alpha value is -2.07. The van der Waals surface area contributed by atoms with E-state index in [9.17, 15) is 13.2 Å². The highest BCUT2D eigenvalue weighted by molar-refractivity contribution is 7.92. The highest BCUT2D eigenvalue weighted by Gasteiger charge is 2.17. The van der Waals surface area contributed by atoms with E-state index < -0.39 is 10.0 Å². The summed E-state index contributed by atoms with van der Waals surface area (Å²) < 4.78 is 24.9. The van der Waals surface area contributed by atoms with Crippen molar-refractivity contribution in [2.45, 2.75) is 19.8 Å². The van der Waals surface area contributed by atoms with Gasteiger partial charge in [-0.3, -0.25) is 9.10 Å². The average Bonchev–Trinajstić information content (AvgIpc) is 2.42. The van der Waals surface area contributed by atoms with Crippen molar-refractivity contribution in [2.75, 3.05) is 23.7 Å². The lowest BCUT2D eigenvalue weighted by molar-refractivity contribution is -0.121. The number of amides is 1. The van der Waals surface area contributed by atoms with Crippen LogP contribution in [0.15, 0.2) is 24.3 Å². The predicted octanol–water partition coefficient (Wildman–Crippen LogP) is 1.24. The molecule has 0 unspecified atom stereocenters. The van der Waals surface area contributed by atoms with Gasteiger partial charge in [0, 0.05) is 13.0 Å². The maximum atomic E-state index is 11.9. The van der Waals surface area contributed by atoms with Gasteiger partial charge in [0.1, 0.15) is 0 Å². The van der Waals surface area contributed by atoms with Gasteiger partial charge in [-0.05, 0) is 24.6 Å². The second kappa shape index (κ2) is 7.64. The van der Waals surface area contributed by atoms with Crippen molar-refractivity contribution >= 4 is 21.6 Å². The van der Waals surface area contributed by atoms with Gasteiger partial charge >= 0.3 is 0 Å². The van der Waals surface area contributed by atoms with E-state index in [1.165, 1.54) is 10.4 Å². The number of sulfonamides is 1. The van der Waals surface area contributed by atoms with Crippen molar-refractivity contribution in [1.29, 1.82) is 5.26 Å². The molecule has 0 spiro atoms. The summed E-state index contributed by atoms with van der Waals surface area (Å²) in [5.74, 6) is -0.100. The van der Waals surface area contributed by atoms with Gasteiger partial charge in [0.2, 0.25) is 15.9 Å². The molecule has 1 N–H and O–H groups in total. The maximum absolute atomic E-state index is 11.9.